The first-order valence-electron chi connectivity index (χ1n) is 9.84. The number of likely N-dealkylation sites (N-methyl/N-ethyl adjacent to an activating group) is 1. The lowest BCUT2D eigenvalue weighted by atomic mass is 10.1. The Morgan fingerprint density at radius 1 is 0.906 bits per heavy atom. The number of carbonyl (C=O) groups is 2. The Hall–Kier alpha value is -2.68. The standard InChI is InChI=1S/C22H27Cl2N3O5/c1-5-27(13-21(29)26-22-15(23)7-6-8-16(22)24)12-20(28)25-11-14-9-18(31-3)19(32-4)10-17(14)30-2/h6-10H,5,11-13H2,1-4H3,(H,25,28)(H,26,29). The largest absolute Gasteiger partial charge is 0.496 e. The van der Waals surface area contributed by atoms with Crippen molar-refractivity contribution in [2.45, 2.75) is 13.5 Å². The first-order chi connectivity index (χ1) is 15.3. The zero-order valence-electron chi connectivity index (χ0n) is 18.5. The second-order valence-corrected chi connectivity index (χ2v) is 7.56. The summed E-state index contributed by atoms with van der Waals surface area (Å²) >= 11 is 12.2. The van der Waals surface area contributed by atoms with Crippen LogP contribution in [-0.4, -0.2) is 57.7 Å². The van der Waals surface area contributed by atoms with Crippen molar-refractivity contribution in [3.8, 4) is 17.2 Å². The molecule has 0 radical (unpaired) electrons. The number of amides is 2. The van der Waals surface area contributed by atoms with E-state index in [-0.39, 0.29) is 31.4 Å². The van der Waals surface area contributed by atoms with Gasteiger partial charge in [0.1, 0.15) is 5.75 Å². The van der Waals surface area contributed by atoms with E-state index < -0.39 is 0 Å². The normalized spacial score (nSPS) is 10.6. The van der Waals surface area contributed by atoms with E-state index >= 15 is 0 Å². The monoisotopic (exact) mass is 483 g/mol. The number of rotatable bonds is 11. The summed E-state index contributed by atoms with van der Waals surface area (Å²) in [5.41, 5.74) is 1.08. The van der Waals surface area contributed by atoms with Gasteiger partial charge >= 0.3 is 0 Å². The average Bonchev–Trinajstić information content (AvgIpc) is 2.78. The van der Waals surface area contributed by atoms with Crippen LogP contribution in [0.5, 0.6) is 17.2 Å². The van der Waals surface area contributed by atoms with Crippen molar-refractivity contribution >= 4 is 40.7 Å². The van der Waals surface area contributed by atoms with E-state index in [1.807, 2.05) is 6.92 Å². The molecule has 2 rings (SSSR count). The number of hydrogen-bond donors (Lipinski definition) is 2. The fourth-order valence-electron chi connectivity index (χ4n) is 2.96. The number of nitrogens with one attached hydrogen (secondary N) is 2. The van der Waals surface area contributed by atoms with Gasteiger partial charge in [-0.05, 0) is 24.7 Å². The number of ether oxygens (including phenoxy) is 3. The second kappa shape index (κ2) is 12.4. The van der Waals surface area contributed by atoms with Crippen LogP contribution in [0.3, 0.4) is 0 Å². The highest BCUT2D eigenvalue weighted by Gasteiger charge is 2.17. The van der Waals surface area contributed by atoms with Gasteiger partial charge < -0.3 is 24.8 Å². The van der Waals surface area contributed by atoms with Crippen LogP contribution in [0.15, 0.2) is 30.3 Å². The SMILES string of the molecule is CCN(CC(=O)NCc1cc(OC)c(OC)cc1OC)CC(=O)Nc1c(Cl)cccc1Cl. The molecule has 0 aromatic heterocycles. The Morgan fingerprint density at radius 3 is 2.03 bits per heavy atom. The summed E-state index contributed by atoms with van der Waals surface area (Å²) in [7, 11) is 4.61. The van der Waals surface area contributed by atoms with Crippen molar-refractivity contribution in [3.05, 3.63) is 45.9 Å². The fraction of sp³-hybridized carbons (Fsp3) is 0.364. The molecule has 0 bridgehead atoms. The van der Waals surface area contributed by atoms with E-state index in [0.717, 1.165) is 5.56 Å². The lowest BCUT2D eigenvalue weighted by Gasteiger charge is -2.20. The number of halogens is 2. The van der Waals surface area contributed by atoms with Gasteiger partial charge in [0.25, 0.3) is 0 Å². The van der Waals surface area contributed by atoms with Gasteiger partial charge in [0.15, 0.2) is 11.5 Å². The molecule has 2 N–H and O–H groups in total. The number of anilines is 1. The predicted octanol–water partition coefficient (Wildman–Crippen LogP) is 3.60. The molecule has 0 fully saturated rings. The van der Waals surface area contributed by atoms with E-state index in [2.05, 4.69) is 10.6 Å². The molecule has 0 heterocycles. The average molecular weight is 484 g/mol. The first kappa shape index (κ1) is 25.6. The summed E-state index contributed by atoms with van der Waals surface area (Å²) in [4.78, 5) is 26.6. The van der Waals surface area contributed by atoms with Crippen LogP contribution < -0.4 is 24.8 Å². The van der Waals surface area contributed by atoms with Gasteiger partial charge in [-0.1, -0.05) is 36.2 Å². The Balaban J connectivity index is 1.95. The smallest absolute Gasteiger partial charge is 0.238 e. The molecule has 2 aromatic rings. The molecule has 0 aliphatic rings. The van der Waals surface area contributed by atoms with Gasteiger partial charge in [-0.3, -0.25) is 14.5 Å². The molecule has 0 atom stereocenters. The molecule has 2 aromatic carbocycles. The van der Waals surface area contributed by atoms with Crippen LogP contribution in [0.2, 0.25) is 10.0 Å². The molecule has 0 unspecified atom stereocenters. The minimum Gasteiger partial charge on any atom is -0.496 e. The van der Waals surface area contributed by atoms with Crippen molar-refractivity contribution < 1.29 is 23.8 Å². The van der Waals surface area contributed by atoms with Gasteiger partial charge in [-0.2, -0.15) is 0 Å². The quantitative estimate of drug-likeness (QED) is 0.507. The van der Waals surface area contributed by atoms with E-state index in [0.29, 0.717) is 39.5 Å². The van der Waals surface area contributed by atoms with Crippen LogP contribution in [-0.2, 0) is 16.1 Å². The van der Waals surface area contributed by atoms with Gasteiger partial charge in [0.05, 0.1) is 50.2 Å². The topological polar surface area (TPSA) is 89.1 Å². The molecule has 32 heavy (non-hydrogen) atoms. The van der Waals surface area contributed by atoms with E-state index in [1.54, 1.807) is 35.2 Å². The van der Waals surface area contributed by atoms with E-state index in [1.165, 1.54) is 21.3 Å². The van der Waals surface area contributed by atoms with E-state index in [4.69, 9.17) is 37.4 Å². The molecule has 0 aliphatic carbocycles. The molecular formula is C22H27Cl2N3O5. The maximum atomic E-state index is 12.5. The number of para-hydroxylation sites is 1. The molecule has 2 amide bonds. The Kier molecular flexibility index (Phi) is 9.90. The third-order valence-corrected chi connectivity index (χ3v) is 5.30. The van der Waals surface area contributed by atoms with Crippen molar-refractivity contribution in [2.24, 2.45) is 0 Å². The minimum atomic E-state index is -0.323. The summed E-state index contributed by atoms with van der Waals surface area (Å²) in [6, 6.07) is 8.41. The third kappa shape index (κ3) is 6.91. The summed E-state index contributed by atoms with van der Waals surface area (Å²) in [5.74, 6) is 1.05. The molecule has 8 nitrogen and oxygen atoms in total. The molecular weight excluding hydrogens is 457 g/mol. The summed E-state index contributed by atoms with van der Waals surface area (Å²) < 4.78 is 16.0. The van der Waals surface area contributed by atoms with Crippen LogP contribution in [0.1, 0.15) is 12.5 Å². The van der Waals surface area contributed by atoms with Crippen molar-refractivity contribution in [2.75, 3.05) is 46.3 Å². The predicted molar refractivity (Wildman–Crippen MR) is 125 cm³/mol. The number of carbonyl (C=O) groups excluding carboxylic acids is 2. The summed E-state index contributed by atoms with van der Waals surface area (Å²) in [6.45, 7) is 2.62. The number of nitrogens with zero attached hydrogens (tertiary/aromatic N) is 1. The van der Waals surface area contributed by atoms with Gasteiger partial charge in [-0.15, -0.1) is 0 Å². The van der Waals surface area contributed by atoms with E-state index in [9.17, 15) is 9.59 Å². The zero-order valence-corrected chi connectivity index (χ0v) is 20.0. The maximum absolute atomic E-state index is 12.5. The van der Waals surface area contributed by atoms with Crippen LogP contribution >= 0.6 is 23.2 Å². The van der Waals surface area contributed by atoms with Crippen molar-refractivity contribution in [3.63, 3.8) is 0 Å². The minimum absolute atomic E-state index is 0.00511. The Labute approximate surface area is 197 Å². The van der Waals surface area contributed by atoms with Gasteiger partial charge in [0.2, 0.25) is 11.8 Å². The Morgan fingerprint density at radius 2 is 1.47 bits per heavy atom. The molecule has 0 saturated heterocycles. The first-order valence-corrected chi connectivity index (χ1v) is 10.6. The molecule has 174 valence electrons. The molecule has 0 aliphatic heterocycles. The molecule has 10 heteroatoms. The Bertz CT molecular complexity index is 935. The van der Waals surface area contributed by atoms with Gasteiger partial charge in [0, 0.05) is 18.2 Å². The lowest BCUT2D eigenvalue weighted by molar-refractivity contribution is -0.123. The van der Waals surface area contributed by atoms with Crippen LogP contribution in [0, 0.1) is 0 Å². The molecule has 0 spiro atoms. The maximum Gasteiger partial charge on any atom is 0.238 e. The zero-order chi connectivity index (χ0) is 23.7. The fourth-order valence-corrected chi connectivity index (χ4v) is 3.45. The highest BCUT2D eigenvalue weighted by molar-refractivity contribution is 6.39. The van der Waals surface area contributed by atoms with Crippen molar-refractivity contribution in [1.82, 2.24) is 10.2 Å². The molecule has 0 saturated carbocycles. The summed E-state index contributed by atoms with van der Waals surface area (Å²) in [5, 5.41) is 6.22. The summed E-state index contributed by atoms with van der Waals surface area (Å²) in [6.07, 6.45) is 0. The number of methoxy groups -OCH3 is 3. The lowest BCUT2D eigenvalue weighted by Crippen LogP contribution is -2.40. The van der Waals surface area contributed by atoms with Crippen molar-refractivity contribution in [1.29, 1.82) is 0 Å². The number of benzene rings is 2. The second-order valence-electron chi connectivity index (χ2n) is 6.74. The highest BCUT2D eigenvalue weighted by Crippen LogP contribution is 2.34. The van der Waals surface area contributed by atoms with Crippen LogP contribution in [0.25, 0.3) is 0 Å². The third-order valence-electron chi connectivity index (χ3n) is 4.67. The van der Waals surface area contributed by atoms with Crippen LogP contribution in [0.4, 0.5) is 5.69 Å². The number of hydrogen-bond acceptors (Lipinski definition) is 6. The van der Waals surface area contributed by atoms with Gasteiger partial charge in [-0.25, -0.2) is 0 Å². The highest BCUT2D eigenvalue weighted by atomic mass is 35.5.